The molecule has 1 atom stereocenters. The quantitative estimate of drug-likeness (QED) is 0.584. The van der Waals surface area contributed by atoms with Gasteiger partial charge >= 0.3 is 0 Å². The van der Waals surface area contributed by atoms with E-state index in [1.54, 1.807) is 0 Å². The first-order valence-corrected chi connectivity index (χ1v) is 9.96. The van der Waals surface area contributed by atoms with Gasteiger partial charge in [0.1, 0.15) is 0 Å². The van der Waals surface area contributed by atoms with Crippen molar-refractivity contribution in [1.82, 2.24) is 4.90 Å². The Morgan fingerprint density at radius 2 is 1.62 bits per heavy atom. The molecule has 0 aromatic heterocycles. The van der Waals surface area contributed by atoms with Crippen LogP contribution in [-0.2, 0) is 6.42 Å². The highest BCUT2D eigenvalue weighted by Gasteiger charge is 2.28. The van der Waals surface area contributed by atoms with E-state index < -0.39 is 6.23 Å². The number of hydrogen-bond donors (Lipinski definition) is 3. The van der Waals surface area contributed by atoms with E-state index in [9.17, 15) is 5.11 Å². The predicted octanol–water partition coefficient (Wildman–Crippen LogP) is 4.52. The van der Waals surface area contributed by atoms with Crippen molar-refractivity contribution >= 4 is 22.6 Å². The number of nitrogens with zero attached hydrogens (tertiary/aromatic N) is 1. The van der Waals surface area contributed by atoms with Gasteiger partial charge in [-0.15, -0.1) is 0 Å². The SMILES string of the molecule is CN(C)CCc1ccc(N/C(=C2/c3ccccc3NC2O)c2ccccc2)cc1. The summed E-state index contributed by atoms with van der Waals surface area (Å²) in [4.78, 5) is 2.19. The van der Waals surface area contributed by atoms with E-state index >= 15 is 0 Å². The average molecular weight is 386 g/mol. The Morgan fingerprint density at radius 1 is 0.931 bits per heavy atom. The number of fused-ring (bicyclic) bond motifs is 1. The molecule has 4 heteroatoms. The summed E-state index contributed by atoms with van der Waals surface area (Å²) in [7, 11) is 4.18. The fourth-order valence-electron chi connectivity index (χ4n) is 3.63. The van der Waals surface area contributed by atoms with Gasteiger partial charge < -0.3 is 20.6 Å². The molecule has 1 aliphatic heterocycles. The molecule has 3 aromatic rings. The summed E-state index contributed by atoms with van der Waals surface area (Å²) < 4.78 is 0. The number of likely N-dealkylation sites (N-methyl/N-ethyl adjacent to an activating group) is 1. The zero-order valence-electron chi connectivity index (χ0n) is 16.9. The maximum absolute atomic E-state index is 10.8. The van der Waals surface area contributed by atoms with Crippen LogP contribution in [0.3, 0.4) is 0 Å². The van der Waals surface area contributed by atoms with E-state index in [0.29, 0.717) is 0 Å². The fourth-order valence-corrected chi connectivity index (χ4v) is 3.63. The number of aliphatic hydroxyl groups excluding tert-OH is 1. The van der Waals surface area contributed by atoms with Crippen LogP contribution in [0.15, 0.2) is 78.9 Å². The van der Waals surface area contributed by atoms with Crippen LogP contribution in [0, 0.1) is 0 Å². The van der Waals surface area contributed by atoms with Gasteiger partial charge in [-0.2, -0.15) is 0 Å². The van der Waals surface area contributed by atoms with Gasteiger partial charge in [-0.3, -0.25) is 0 Å². The van der Waals surface area contributed by atoms with Crippen molar-refractivity contribution in [1.29, 1.82) is 0 Å². The van der Waals surface area contributed by atoms with Crippen LogP contribution in [0.4, 0.5) is 11.4 Å². The van der Waals surface area contributed by atoms with E-state index in [0.717, 1.165) is 46.7 Å². The summed E-state index contributed by atoms with van der Waals surface area (Å²) in [6.07, 6.45) is 0.269. The molecular weight excluding hydrogens is 358 g/mol. The average Bonchev–Trinajstić information content (AvgIpc) is 3.07. The first-order chi connectivity index (χ1) is 14.1. The molecule has 0 bridgehead atoms. The summed E-state index contributed by atoms with van der Waals surface area (Å²) in [5.41, 5.74) is 7.10. The Hall–Kier alpha value is -3.08. The summed E-state index contributed by atoms with van der Waals surface area (Å²) in [5.74, 6) is 0. The second-order valence-corrected chi connectivity index (χ2v) is 7.62. The lowest BCUT2D eigenvalue weighted by atomic mass is 9.99. The number of benzene rings is 3. The molecule has 0 amide bonds. The molecule has 0 aliphatic carbocycles. The van der Waals surface area contributed by atoms with Gasteiger partial charge in [0.2, 0.25) is 0 Å². The summed E-state index contributed by atoms with van der Waals surface area (Å²) >= 11 is 0. The van der Waals surface area contributed by atoms with Crippen molar-refractivity contribution in [3.05, 3.63) is 95.6 Å². The molecule has 0 spiro atoms. The highest BCUT2D eigenvalue weighted by molar-refractivity contribution is 6.03. The van der Waals surface area contributed by atoms with Crippen LogP contribution in [-0.4, -0.2) is 36.9 Å². The topological polar surface area (TPSA) is 47.5 Å². The first-order valence-electron chi connectivity index (χ1n) is 9.96. The van der Waals surface area contributed by atoms with Gasteiger partial charge in [-0.25, -0.2) is 0 Å². The van der Waals surface area contributed by atoms with Gasteiger partial charge in [0.25, 0.3) is 0 Å². The van der Waals surface area contributed by atoms with E-state index in [2.05, 4.69) is 66.0 Å². The fraction of sp³-hybridized carbons (Fsp3) is 0.200. The second-order valence-electron chi connectivity index (χ2n) is 7.62. The van der Waals surface area contributed by atoms with Gasteiger partial charge in [-0.1, -0.05) is 60.7 Å². The van der Waals surface area contributed by atoms with Crippen molar-refractivity contribution in [2.24, 2.45) is 0 Å². The van der Waals surface area contributed by atoms with Gasteiger partial charge in [0.15, 0.2) is 6.23 Å². The van der Waals surface area contributed by atoms with Gasteiger partial charge in [0.05, 0.1) is 5.70 Å². The predicted molar refractivity (Wildman–Crippen MR) is 122 cm³/mol. The van der Waals surface area contributed by atoms with Crippen LogP contribution in [0.1, 0.15) is 16.7 Å². The number of hydrogen-bond acceptors (Lipinski definition) is 4. The van der Waals surface area contributed by atoms with E-state index in [-0.39, 0.29) is 0 Å². The molecule has 29 heavy (non-hydrogen) atoms. The molecule has 0 radical (unpaired) electrons. The third-order valence-electron chi connectivity index (χ3n) is 5.19. The van der Waals surface area contributed by atoms with Crippen molar-refractivity contribution in [2.75, 3.05) is 31.3 Å². The molecule has 1 aliphatic rings. The molecule has 0 fully saturated rings. The van der Waals surface area contributed by atoms with Gasteiger partial charge in [0, 0.05) is 29.1 Å². The standard InChI is InChI=1S/C25H27N3O/c1-28(2)17-16-18-12-14-20(15-13-18)26-24(19-8-4-3-5-9-19)23-21-10-6-7-11-22(21)27-25(23)29/h3-15,25-27,29H,16-17H2,1-2H3/b24-23-. The number of aliphatic hydroxyl groups is 1. The Morgan fingerprint density at radius 3 is 2.34 bits per heavy atom. The van der Waals surface area contributed by atoms with Crippen molar-refractivity contribution in [3.63, 3.8) is 0 Å². The molecular formula is C25H27N3O. The minimum absolute atomic E-state index is 0.755. The summed E-state index contributed by atoms with van der Waals surface area (Å²) in [6.45, 7) is 1.03. The van der Waals surface area contributed by atoms with Crippen LogP contribution in [0.2, 0.25) is 0 Å². The lowest BCUT2D eigenvalue weighted by Crippen LogP contribution is -2.16. The van der Waals surface area contributed by atoms with Crippen LogP contribution >= 0.6 is 0 Å². The van der Waals surface area contributed by atoms with Crippen molar-refractivity contribution < 1.29 is 5.11 Å². The molecule has 0 saturated heterocycles. The third kappa shape index (κ3) is 4.34. The Labute approximate surface area is 172 Å². The zero-order valence-corrected chi connectivity index (χ0v) is 16.9. The molecule has 4 nitrogen and oxygen atoms in total. The lowest BCUT2D eigenvalue weighted by Gasteiger charge is -2.18. The monoisotopic (exact) mass is 385 g/mol. The molecule has 4 rings (SSSR count). The van der Waals surface area contributed by atoms with E-state index in [1.807, 2.05) is 42.5 Å². The van der Waals surface area contributed by atoms with Crippen LogP contribution in [0.5, 0.6) is 0 Å². The minimum Gasteiger partial charge on any atom is -0.369 e. The molecule has 1 unspecified atom stereocenters. The highest BCUT2D eigenvalue weighted by Crippen LogP contribution is 2.39. The van der Waals surface area contributed by atoms with E-state index in [1.165, 1.54) is 5.56 Å². The Balaban J connectivity index is 1.70. The van der Waals surface area contributed by atoms with Crippen molar-refractivity contribution in [2.45, 2.75) is 12.6 Å². The van der Waals surface area contributed by atoms with E-state index in [4.69, 9.17) is 0 Å². The Bertz CT molecular complexity index is 994. The smallest absolute Gasteiger partial charge is 0.153 e. The molecule has 1 heterocycles. The highest BCUT2D eigenvalue weighted by atomic mass is 16.3. The first kappa shape index (κ1) is 19.2. The third-order valence-corrected chi connectivity index (χ3v) is 5.19. The maximum Gasteiger partial charge on any atom is 0.153 e. The number of anilines is 2. The number of nitrogens with one attached hydrogen (secondary N) is 2. The lowest BCUT2D eigenvalue weighted by molar-refractivity contribution is 0.266. The zero-order chi connectivity index (χ0) is 20.2. The second kappa shape index (κ2) is 8.52. The molecule has 3 N–H and O–H groups in total. The largest absolute Gasteiger partial charge is 0.369 e. The molecule has 148 valence electrons. The van der Waals surface area contributed by atoms with Gasteiger partial charge in [-0.05, 0) is 49.8 Å². The van der Waals surface area contributed by atoms with Crippen LogP contribution < -0.4 is 10.6 Å². The Kier molecular flexibility index (Phi) is 5.65. The van der Waals surface area contributed by atoms with Crippen molar-refractivity contribution in [3.8, 4) is 0 Å². The minimum atomic E-state index is -0.755. The normalized spacial score (nSPS) is 17.0. The number of rotatable bonds is 6. The molecule has 0 saturated carbocycles. The summed E-state index contributed by atoms with van der Waals surface area (Å²) in [6, 6.07) is 26.7. The number of para-hydroxylation sites is 1. The maximum atomic E-state index is 10.8. The molecule has 3 aromatic carbocycles. The van der Waals surface area contributed by atoms with Crippen LogP contribution in [0.25, 0.3) is 11.3 Å². The summed E-state index contributed by atoms with van der Waals surface area (Å²) in [5, 5.41) is 17.5.